The monoisotopic (exact) mass is 195 g/mol. The Labute approximate surface area is 84.2 Å². The van der Waals surface area contributed by atoms with E-state index in [0.717, 1.165) is 5.69 Å². The number of aromatic nitrogens is 1. The van der Waals surface area contributed by atoms with E-state index in [-0.39, 0.29) is 12.6 Å². The highest BCUT2D eigenvalue weighted by molar-refractivity contribution is 5.61. The smallest absolute Gasteiger partial charge is 0.146 e. The van der Waals surface area contributed by atoms with Gasteiger partial charge >= 0.3 is 0 Å². The quantitative estimate of drug-likeness (QED) is 0.672. The number of nitrogens with two attached hydrogens (primary N) is 1. The molecule has 1 rings (SSSR count). The van der Waals surface area contributed by atoms with Gasteiger partial charge in [-0.2, -0.15) is 0 Å². The van der Waals surface area contributed by atoms with Gasteiger partial charge in [-0.15, -0.1) is 0 Å². The number of rotatable bonds is 4. The lowest BCUT2D eigenvalue weighted by molar-refractivity contribution is 0.249. The first kappa shape index (κ1) is 10.8. The minimum absolute atomic E-state index is 0.0153. The van der Waals surface area contributed by atoms with Gasteiger partial charge in [-0.05, 0) is 18.1 Å². The molecule has 0 aliphatic heterocycles. The molecule has 4 N–H and O–H groups in total. The fourth-order valence-electron chi connectivity index (χ4n) is 1.16. The van der Waals surface area contributed by atoms with Crippen molar-refractivity contribution < 1.29 is 5.11 Å². The summed E-state index contributed by atoms with van der Waals surface area (Å²) in [6.45, 7) is 4.17. The van der Waals surface area contributed by atoms with Crippen molar-refractivity contribution >= 4 is 11.5 Å². The maximum atomic E-state index is 9.12. The molecule has 0 fully saturated rings. The Bertz CT molecular complexity index is 288. The molecule has 0 amide bonds. The third-order valence-corrected chi connectivity index (χ3v) is 2.18. The summed E-state index contributed by atoms with van der Waals surface area (Å²) in [5.74, 6) is 0.811. The molecule has 4 heteroatoms. The van der Waals surface area contributed by atoms with E-state index in [2.05, 4.69) is 10.3 Å². The number of nitrogens with zero attached hydrogens (tertiary/aromatic N) is 1. The van der Waals surface area contributed by atoms with Crippen molar-refractivity contribution in [1.82, 2.24) is 4.98 Å². The van der Waals surface area contributed by atoms with E-state index < -0.39 is 0 Å². The summed E-state index contributed by atoms with van der Waals surface area (Å²) in [6.07, 6.45) is 1.64. The first-order chi connectivity index (χ1) is 6.65. The largest absolute Gasteiger partial charge is 0.394 e. The van der Waals surface area contributed by atoms with Crippen LogP contribution in [0.4, 0.5) is 11.5 Å². The summed E-state index contributed by atoms with van der Waals surface area (Å²) in [6, 6.07) is 3.68. The Balaban J connectivity index is 2.72. The Morgan fingerprint density at radius 1 is 1.57 bits per heavy atom. The molecule has 0 unspecified atom stereocenters. The summed E-state index contributed by atoms with van der Waals surface area (Å²) in [5, 5.41) is 12.3. The summed E-state index contributed by atoms with van der Waals surface area (Å²) in [5.41, 5.74) is 6.45. The molecule has 78 valence electrons. The molecule has 1 atom stereocenters. The molecule has 1 aromatic rings. The van der Waals surface area contributed by atoms with E-state index in [1.807, 2.05) is 26.0 Å². The van der Waals surface area contributed by atoms with Gasteiger partial charge in [-0.3, -0.25) is 0 Å². The number of pyridine rings is 1. The van der Waals surface area contributed by atoms with Crippen molar-refractivity contribution in [2.45, 2.75) is 19.9 Å². The molecule has 1 heterocycles. The topological polar surface area (TPSA) is 71.2 Å². The van der Waals surface area contributed by atoms with E-state index in [4.69, 9.17) is 10.8 Å². The molecule has 0 radical (unpaired) electrons. The van der Waals surface area contributed by atoms with Gasteiger partial charge in [0.15, 0.2) is 0 Å². The molecule has 0 aliphatic rings. The van der Waals surface area contributed by atoms with Crippen LogP contribution in [-0.2, 0) is 0 Å². The van der Waals surface area contributed by atoms with Crippen LogP contribution >= 0.6 is 0 Å². The minimum Gasteiger partial charge on any atom is -0.394 e. The lowest BCUT2D eigenvalue weighted by Gasteiger charge is -2.21. The lowest BCUT2D eigenvalue weighted by Crippen LogP contribution is -2.29. The van der Waals surface area contributed by atoms with Gasteiger partial charge in [0.25, 0.3) is 0 Å². The van der Waals surface area contributed by atoms with Gasteiger partial charge in [0.1, 0.15) is 5.82 Å². The number of aliphatic hydroxyl groups is 1. The Hall–Kier alpha value is -1.29. The van der Waals surface area contributed by atoms with Crippen LogP contribution in [-0.4, -0.2) is 22.7 Å². The average Bonchev–Trinajstić information content (AvgIpc) is 2.16. The molecule has 1 aromatic heterocycles. The number of anilines is 2. The normalized spacial score (nSPS) is 12.9. The summed E-state index contributed by atoms with van der Waals surface area (Å²) < 4.78 is 0. The molecule has 4 nitrogen and oxygen atoms in total. The molecule has 14 heavy (non-hydrogen) atoms. The number of nitrogen functional groups attached to an aromatic ring is 1. The number of nitrogens with one attached hydrogen (secondary N) is 1. The second-order valence-electron chi connectivity index (χ2n) is 3.61. The molecule has 0 aliphatic carbocycles. The minimum atomic E-state index is 0.0153. The number of aliphatic hydroxyl groups excluding tert-OH is 1. The average molecular weight is 195 g/mol. The van der Waals surface area contributed by atoms with Crippen LogP contribution in [0.15, 0.2) is 18.3 Å². The van der Waals surface area contributed by atoms with Crippen LogP contribution in [0, 0.1) is 5.92 Å². The third kappa shape index (κ3) is 2.60. The number of hydrogen-bond acceptors (Lipinski definition) is 4. The fraction of sp³-hybridized carbons (Fsp3) is 0.500. The van der Waals surface area contributed by atoms with Gasteiger partial charge in [0, 0.05) is 6.20 Å². The van der Waals surface area contributed by atoms with Crippen molar-refractivity contribution in [1.29, 1.82) is 0 Å². The molecular formula is C10H17N3O. The van der Waals surface area contributed by atoms with Crippen molar-refractivity contribution in [3.63, 3.8) is 0 Å². The fourth-order valence-corrected chi connectivity index (χ4v) is 1.16. The van der Waals surface area contributed by atoms with Gasteiger partial charge in [-0.1, -0.05) is 13.8 Å². The lowest BCUT2D eigenvalue weighted by atomic mass is 10.1. The Kier molecular flexibility index (Phi) is 3.71. The van der Waals surface area contributed by atoms with E-state index in [1.54, 1.807) is 6.20 Å². The van der Waals surface area contributed by atoms with Crippen LogP contribution in [0.2, 0.25) is 0 Å². The predicted molar refractivity (Wildman–Crippen MR) is 58.0 cm³/mol. The van der Waals surface area contributed by atoms with E-state index in [9.17, 15) is 0 Å². The van der Waals surface area contributed by atoms with Crippen LogP contribution in [0.3, 0.4) is 0 Å². The van der Waals surface area contributed by atoms with Crippen LogP contribution in [0.1, 0.15) is 13.8 Å². The summed E-state index contributed by atoms with van der Waals surface area (Å²) in [4.78, 5) is 3.96. The molecule has 0 saturated heterocycles. The highest BCUT2D eigenvalue weighted by Crippen LogP contribution is 2.17. The first-order valence-corrected chi connectivity index (χ1v) is 4.73. The second kappa shape index (κ2) is 4.81. The van der Waals surface area contributed by atoms with E-state index in [1.165, 1.54) is 0 Å². The predicted octanol–water partition coefficient (Wildman–Crippen LogP) is 1.09. The van der Waals surface area contributed by atoms with Crippen LogP contribution in [0.5, 0.6) is 0 Å². The van der Waals surface area contributed by atoms with E-state index >= 15 is 0 Å². The van der Waals surface area contributed by atoms with E-state index in [0.29, 0.717) is 11.7 Å². The molecule has 0 spiro atoms. The third-order valence-electron chi connectivity index (χ3n) is 2.18. The Morgan fingerprint density at radius 3 is 2.79 bits per heavy atom. The maximum Gasteiger partial charge on any atom is 0.146 e. The number of hydrogen-bond donors (Lipinski definition) is 3. The van der Waals surface area contributed by atoms with Crippen LogP contribution < -0.4 is 11.1 Å². The van der Waals surface area contributed by atoms with Crippen molar-refractivity contribution in [2.24, 2.45) is 5.92 Å². The molecule has 0 aromatic carbocycles. The summed E-state index contributed by atoms with van der Waals surface area (Å²) in [7, 11) is 0. The second-order valence-corrected chi connectivity index (χ2v) is 3.61. The highest BCUT2D eigenvalue weighted by atomic mass is 16.3. The zero-order valence-electron chi connectivity index (χ0n) is 8.57. The maximum absolute atomic E-state index is 9.12. The summed E-state index contributed by atoms with van der Waals surface area (Å²) >= 11 is 0. The van der Waals surface area contributed by atoms with Crippen molar-refractivity contribution in [3.8, 4) is 0 Å². The van der Waals surface area contributed by atoms with Gasteiger partial charge in [0.2, 0.25) is 0 Å². The molecule has 0 bridgehead atoms. The molecule has 0 saturated carbocycles. The standard InChI is InChI=1S/C10H17N3O/c1-7(2)9(6-14)13-8-4-3-5-12-10(8)11/h3-5,7,9,13-14H,6H2,1-2H3,(H2,11,12)/t9-/m1/s1. The van der Waals surface area contributed by atoms with Gasteiger partial charge in [-0.25, -0.2) is 4.98 Å². The first-order valence-electron chi connectivity index (χ1n) is 4.73. The molecular weight excluding hydrogens is 178 g/mol. The van der Waals surface area contributed by atoms with Gasteiger partial charge in [0.05, 0.1) is 18.3 Å². The SMILES string of the molecule is CC(C)[C@@H](CO)Nc1cccnc1N. The van der Waals surface area contributed by atoms with Crippen molar-refractivity contribution in [3.05, 3.63) is 18.3 Å². The zero-order valence-corrected chi connectivity index (χ0v) is 8.57. The van der Waals surface area contributed by atoms with Gasteiger partial charge < -0.3 is 16.2 Å². The van der Waals surface area contributed by atoms with Crippen LogP contribution in [0.25, 0.3) is 0 Å². The zero-order chi connectivity index (χ0) is 10.6. The highest BCUT2D eigenvalue weighted by Gasteiger charge is 2.12. The Morgan fingerprint density at radius 2 is 2.29 bits per heavy atom. The van der Waals surface area contributed by atoms with Crippen molar-refractivity contribution in [2.75, 3.05) is 17.7 Å².